The lowest BCUT2D eigenvalue weighted by Gasteiger charge is -2.31. The van der Waals surface area contributed by atoms with Crippen LogP contribution in [-0.4, -0.2) is 14.3 Å². The minimum absolute atomic E-state index is 0.100. The third-order valence-electron chi connectivity index (χ3n) is 4.77. The number of rotatable bonds is 16. The summed E-state index contributed by atoms with van der Waals surface area (Å²) in [5.41, 5.74) is 0. The van der Waals surface area contributed by atoms with Gasteiger partial charge in [0.25, 0.3) is 14.3 Å². The van der Waals surface area contributed by atoms with Gasteiger partial charge in [0.05, 0.1) is 0 Å². The maximum absolute atomic E-state index is 12.3. The first-order chi connectivity index (χ1) is 11.1. The molecular weight excluding hydrogens is 300 g/mol. The van der Waals surface area contributed by atoms with Crippen molar-refractivity contribution in [3.63, 3.8) is 0 Å². The first-order valence-electron chi connectivity index (χ1n) is 10.4. The molecule has 0 spiro atoms. The molecule has 0 rings (SSSR count). The van der Waals surface area contributed by atoms with E-state index in [0.29, 0.717) is 6.42 Å². The lowest BCUT2D eigenvalue weighted by molar-refractivity contribution is -0.135. The van der Waals surface area contributed by atoms with Crippen LogP contribution in [0.15, 0.2) is 0 Å². The van der Waals surface area contributed by atoms with Crippen molar-refractivity contribution in [2.75, 3.05) is 0 Å². The molecule has 0 N–H and O–H groups in total. The van der Waals surface area contributed by atoms with Gasteiger partial charge in [-0.2, -0.15) is 0 Å². The van der Waals surface area contributed by atoms with E-state index in [2.05, 4.69) is 27.7 Å². The molecule has 0 fully saturated rings. The lowest BCUT2D eigenvalue weighted by Crippen LogP contribution is -2.40. The van der Waals surface area contributed by atoms with Crippen molar-refractivity contribution in [3.8, 4) is 0 Å². The smallest absolute Gasteiger partial charge is 0.292 e. The second-order valence-electron chi connectivity index (χ2n) is 7.13. The average molecular weight is 343 g/mol. The van der Waals surface area contributed by atoms with E-state index < -0.39 is 8.32 Å². The maximum atomic E-state index is 12.3. The second-order valence-corrected chi connectivity index (χ2v) is 11.2. The van der Waals surface area contributed by atoms with Crippen LogP contribution in [0.2, 0.25) is 18.1 Å². The highest BCUT2D eigenvalue weighted by atomic mass is 28.4. The molecule has 0 aliphatic heterocycles. The zero-order valence-corrected chi connectivity index (χ0v) is 17.4. The number of unbranched alkanes of at least 4 members (excludes halogenated alkanes) is 7. The van der Waals surface area contributed by atoms with Crippen molar-refractivity contribution in [2.45, 2.75) is 123 Å². The van der Waals surface area contributed by atoms with E-state index in [1.54, 1.807) is 0 Å². The van der Waals surface area contributed by atoms with E-state index in [1.165, 1.54) is 75.9 Å². The maximum Gasteiger partial charge on any atom is 0.292 e. The van der Waals surface area contributed by atoms with E-state index in [1.807, 2.05) is 0 Å². The van der Waals surface area contributed by atoms with Gasteiger partial charge in [0, 0.05) is 6.42 Å². The molecule has 23 heavy (non-hydrogen) atoms. The van der Waals surface area contributed by atoms with Gasteiger partial charge >= 0.3 is 0 Å². The SMILES string of the molecule is CCCCC[Si](CCCCC)(CCCCC)OC(=O)CCCC. The Morgan fingerprint density at radius 1 is 0.652 bits per heavy atom. The molecule has 0 amide bonds. The van der Waals surface area contributed by atoms with Crippen LogP contribution in [0.3, 0.4) is 0 Å². The van der Waals surface area contributed by atoms with Crippen LogP contribution in [0, 0.1) is 0 Å². The first-order valence-corrected chi connectivity index (χ1v) is 12.9. The molecule has 0 saturated carbocycles. The summed E-state index contributed by atoms with van der Waals surface area (Å²) in [6.45, 7) is 8.90. The molecule has 3 heteroatoms. The van der Waals surface area contributed by atoms with E-state index in [9.17, 15) is 4.79 Å². The van der Waals surface area contributed by atoms with Crippen LogP contribution >= 0.6 is 0 Å². The van der Waals surface area contributed by atoms with Gasteiger partial charge in [-0.1, -0.05) is 91.9 Å². The normalized spacial score (nSPS) is 11.7. The zero-order chi connectivity index (χ0) is 17.4. The third-order valence-corrected chi connectivity index (χ3v) is 9.23. The Labute approximate surface area is 146 Å². The molecule has 0 aromatic carbocycles. The van der Waals surface area contributed by atoms with E-state index in [4.69, 9.17) is 4.43 Å². The molecule has 0 aliphatic carbocycles. The van der Waals surface area contributed by atoms with Crippen LogP contribution in [0.4, 0.5) is 0 Å². The summed E-state index contributed by atoms with van der Waals surface area (Å²) in [6.07, 6.45) is 14.0. The summed E-state index contributed by atoms with van der Waals surface area (Å²) in [5.74, 6) is 0.100. The number of hydrogen-bond acceptors (Lipinski definition) is 2. The van der Waals surface area contributed by atoms with Crippen molar-refractivity contribution >= 4 is 14.3 Å². The van der Waals surface area contributed by atoms with Gasteiger partial charge in [0.15, 0.2) is 0 Å². The van der Waals surface area contributed by atoms with Crippen molar-refractivity contribution in [1.29, 1.82) is 0 Å². The van der Waals surface area contributed by atoms with Crippen LogP contribution in [-0.2, 0) is 9.22 Å². The highest BCUT2D eigenvalue weighted by molar-refractivity contribution is 6.75. The predicted octanol–water partition coefficient (Wildman–Crippen LogP) is 7.24. The molecule has 0 unspecified atom stereocenters. The van der Waals surface area contributed by atoms with Gasteiger partial charge in [0.2, 0.25) is 0 Å². The van der Waals surface area contributed by atoms with Gasteiger partial charge in [0.1, 0.15) is 0 Å². The Bertz CT molecular complexity index is 252. The quantitative estimate of drug-likeness (QED) is 0.218. The molecule has 2 nitrogen and oxygen atoms in total. The Kier molecular flexibility index (Phi) is 15.0. The number of carbonyl (C=O) groups excluding carboxylic acids is 1. The monoisotopic (exact) mass is 342 g/mol. The summed E-state index contributed by atoms with van der Waals surface area (Å²) in [5, 5.41) is 0. The summed E-state index contributed by atoms with van der Waals surface area (Å²) in [4.78, 5) is 12.3. The molecule has 0 atom stereocenters. The van der Waals surface area contributed by atoms with Gasteiger partial charge in [-0.05, 0) is 24.6 Å². The fraction of sp³-hybridized carbons (Fsp3) is 0.950. The summed E-state index contributed by atoms with van der Waals surface area (Å²) in [6, 6.07) is 3.60. The molecule has 0 aromatic heterocycles. The topological polar surface area (TPSA) is 26.3 Å². The predicted molar refractivity (Wildman–Crippen MR) is 104 cm³/mol. The molecule has 0 saturated heterocycles. The van der Waals surface area contributed by atoms with Crippen LogP contribution in [0.1, 0.15) is 105 Å². The highest BCUT2D eigenvalue weighted by Crippen LogP contribution is 2.31. The van der Waals surface area contributed by atoms with Crippen LogP contribution in [0.5, 0.6) is 0 Å². The standard InChI is InChI=1S/C20H42O2Si/c1-5-9-13-17-23(18-14-10-6-2,19-15-11-7-3)22-20(21)16-12-8-4/h5-19H2,1-4H3. The fourth-order valence-corrected chi connectivity index (χ4v) is 7.56. The van der Waals surface area contributed by atoms with E-state index in [0.717, 1.165) is 12.8 Å². The molecule has 0 heterocycles. The van der Waals surface area contributed by atoms with Crippen molar-refractivity contribution in [3.05, 3.63) is 0 Å². The Morgan fingerprint density at radius 3 is 1.39 bits per heavy atom. The summed E-state index contributed by atoms with van der Waals surface area (Å²) in [7, 11) is -1.87. The highest BCUT2D eigenvalue weighted by Gasteiger charge is 2.36. The van der Waals surface area contributed by atoms with Gasteiger partial charge < -0.3 is 4.43 Å². The van der Waals surface area contributed by atoms with E-state index in [-0.39, 0.29) is 5.97 Å². The lowest BCUT2D eigenvalue weighted by atomic mass is 10.3. The largest absolute Gasteiger partial charge is 0.519 e. The number of hydrogen-bond donors (Lipinski definition) is 0. The Morgan fingerprint density at radius 2 is 1.04 bits per heavy atom. The summed E-state index contributed by atoms with van der Waals surface area (Å²) < 4.78 is 6.28. The minimum atomic E-state index is -1.87. The number of carbonyl (C=O) groups is 1. The molecular formula is C20H42O2Si. The van der Waals surface area contributed by atoms with Crippen LogP contribution in [0.25, 0.3) is 0 Å². The van der Waals surface area contributed by atoms with Gasteiger partial charge in [-0.15, -0.1) is 0 Å². The minimum Gasteiger partial charge on any atom is -0.519 e. The molecule has 0 aromatic rings. The van der Waals surface area contributed by atoms with E-state index >= 15 is 0 Å². The molecule has 0 aliphatic rings. The first kappa shape index (κ1) is 22.7. The molecule has 0 radical (unpaired) electrons. The van der Waals surface area contributed by atoms with Crippen molar-refractivity contribution in [2.24, 2.45) is 0 Å². The van der Waals surface area contributed by atoms with Gasteiger partial charge in [-0.3, -0.25) is 4.79 Å². The Hall–Kier alpha value is -0.313. The van der Waals surface area contributed by atoms with Crippen molar-refractivity contribution in [1.82, 2.24) is 0 Å². The fourth-order valence-electron chi connectivity index (χ4n) is 3.23. The Balaban J connectivity index is 4.81. The molecule has 138 valence electrons. The second kappa shape index (κ2) is 15.2. The third kappa shape index (κ3) is 11.8. The van der Waals surface area contributed by atoms with Crippen molar-refractivity contribution < 1.29 is 9.22 Å². The molecule has 0 bridgehead atoms. The zero-order valence-electron chi connectivity index (χ0n) is 16.4. The van der Waals surface area contributed by atoms with Gasteiger partial charge in [-0.25, -0.2) is 0 Å². The average Bonchev–Trinajstić information content (AvgIpc) is 2.53. The summed E-state index contributed by atoms with van der Waals surface area (Å²) >= 11 is 0. The van der Waals surface area contributed by atoms with Crippen LogP contribution < -0.4 is 0 Å².